The number of anilines is 1. The molecular formula is C11H14FN3O5S. The number of sulfonamides is 1. The molecule has 2 amide bonds. The van der Waals surface area contributed by atoms with Crippen molar-refractivity contribution < 1.29 is 27.5 Å². The lowest BCUT2D eigenvalue weighted by Crippen LogP contribution is -2.36. The minimum absolute atomic E-state index is 0.0172. The summed E-state index contributed by atoms with van der Waals surface area (Å²) < 4.78 is 37.1. The van der Waals surface area contributed by atoms with E-state index < -0.39 is 33.4 Å². The van der Waals surface area contributed by atoms with Crippen LogP contribution in [0.25, 0.3) is 0 Å². The van der Waals surface area contributed by atoms with Gasteiger partial charge in [-0.1, -0.05) is 6.07 Å². The van der Waals surface area contributed by atoms with Crippen molar-refractivity contribution in [2.45, 2.75) is 0 Å². The quantitative estimate of drug-likeness (QED) is 0.557. The van der Waals surface area contributed by atoms with Crippen LogP contribution in [-0.2, 0) is 10.0 Å². The fraction of sp³-hybridized carbons (Fsp3) is 0.273. The number of aromatic carboxylic acids is 1. The van der Waals surface area contributed by atoms with E-state index in [2.05, 4.69) is 15.4 Å². The van der Waals surface area contributed by atoms with Crippen molar-refractivity contribution in [3.05, 3.63) is 29.6 Å². The minimum Gasteiger partial charge on any atom is -0.478 e. The summed E-state index contributed by atoms with van der Waals surface area (Å²) in [5.41, 5.74) is -0.849. The topological polar surface area (TPSA) is 125 Å². The van der Waals surface area contributed by atoms with Crippen molar-refractivity contribution in [1.29, 1.82) is 0 Å². The van der Waals surface area contributed by atoms with Crippen LogP contribution in [0.5, 0.6) is 0 Å². The summed E-state index contributed by atoms with van der Waals surface area (Å²) in [5.74, 6) is -2.49. The number of halogens is 1. The number of carboxylic acid groups (broad SMARTS) is 1. The zero-order valence-corrected chi connectivity index (χ0v) is 11.8. The second kappa shape index (κ2) is 6.99. The number of hydrogen-bond acceptors (Lipinski definition) is 4. The van der Waals surface area contributed by atoms with Crippen molar-refractivity contribution in [3.8, 4) is 0 Å². The third-order valence-corrected chi connectivity index (χ3v) is 2.98. The van der Waals surface area contributed by atoms with Gasteiger partial charge < -0.3 is 15.7 Å². The molecule has 0 bridgehead atoms. The van der Waals surface area contributed by atoms with E-state index in [1.54, 1.807) is 0 Å². The van der Waals surface area contributed by atoms with E-state index in [1.807, 2.05) is 0 Å². The molecule has 1 rings (SSSR count). The Morgan fingerprint density at radius 2 is 1.95 bits per heavy atom. The van der Waals surface area contributed by atoms with Gasteiger partial charge in [0.2, 0.25) is 10.0 Å². The van der Waals surface area contributed by atoms with Crippen molar-refractivity contribution in [3.63, 3.8) is 0 Å². The number of amides is 2. The summed E-state index contributed by atoms with van der Waals surface area (Å²) in [6.45, 7) is -0.0438. The highest BCUT2D eigenvalue weighted by molar-refractivity contribution is 7.88. The average Bonchev–Trinajstić information content (AvgIpc) is 2.33. The van der Waals surface area contributed by atoms with Gasteiger partial charge in [0.1, 0.15) is 11.4 Å². The molecule has 0 aliphatic heterocycles. The minimum atomic E-state index is -3.35. The monoisotopic (exact) mass is 319 g/mol. The second-order valence-corrected chi connectivity index (χ2v) is 5.85. The lowest BCUT2D eigenvalue weighted by molar-refractivity contribution is 0.0693. The lowest BCUT2D eigenvalue weighted by Gasteiger charge is -2.10. The largest absolute Gasteiger partial charge is 0.478 e. The molecule has 0 unspecified atom stereocenters. The first-order chi connectivity index (χ1) is 9.70. The molecular weight excluding hydrogens is 305 g/mol. The summed E-state index contributed by atoms with van der Waals surface area (Å²) in [4.78, 5) is 22.4. The summed E-state index contributed by atoms with van der Waals surface area (Å²) in [6, 6.07) is 2.67. The highest BCUT2D eigenvalue weighted by Gasteiger charge is 2.17. The van der Waals surface area contributed by atoms with E-state index in [9.17, 15) is 22.4 Å². The summed E-state index contributed by atoms with van der Waals surface area (Å²) in [6.07, 6.45) is 0.971. The fourth-order valence-electron chi connectivity index (χ4n) is 1.42. The Hall–Kier alpha value is -2.20. The highest BCUT2D eigenvalue weighted by atomic mass is 32.2. The zero-order valence-electron chi connectivity index (χ0n) is 11.0. The number of nitrogens with one attached hydrogen (secondary N) is 3. The zero-order chi connectivity index (χ0) is 16.0. The Balaban J connectivity index is 2.60. The van der Waals surface area contributed by atoms with E-state index in [4.69, 9.17) is 5.11 Å². The molecule has 0 spiro atoms. The Bertz CT molecular complexity index is 647. The van der Waals surface area contributed by atoms with Gasteiger partial charge in [0.15, 0.2) is 0 Å². The van der Waals surface area contributed by atoms with Gasteiger partial charge in [-0.3, -0.25) is 0 Å². The Kier molecular flexibility index (Phi) is 5.61. The molecule has 1 aromatic carbocycles. The molecule has 0 saturated heterocycles. The van der Waals surface area contributed by atoms with Crippen LogP contribution in [0.3, 0.4) is 0 Å². The van der Waals surface area contributed by atoms with Crippen molar-refractivity contribution in [1.82, 2.24) is 10.0 Å². The molecule has 4 N–H and O–H groups in total. The van der Waals surface area contributed by atoms with E-state index in [-0.39, 0.29) is 18.8 Å². The number of carboxylic acids is 1. The SMILES string of the molecule is CS(=O)(=O)NCCNC(=O)Nc1cccc(F)c1C(=O)O. The van der Waals surface area contributed by atoms with Crippen LogP contribution in [-0.4, -0.2) is 44.9 Å². The summed E-state index contributed by atoms with van der Waals surface area (Å²) >= 11 is 0. The van der Waals surface area contributed by atoms with E-state index >= 15 is 0 Å². The molecule has 21 heavy (non-hydrogen) atoms. The molecule has 10 heteroatoms. The Labute approximate surface area is 120 Å². The number of rotatable bonds is 6. The number of carbonyl (C=O) groups excluding carboxylic acids is 1. The number of carbonyl (C=O) groups is 2. The van der Waals surface area contributed by atoms with Gasteiger partial charge in [-0.05, 0) is 12.1 Å². The van der Waals surface area contributed by atoms with Crippen LogP contribution in [0.4, 0.5) is 14.9 Å². The maximum absolute atomic E-state index is 13.4. The van der Waals surface area contributed by atoms with Crippen molar-refractivity contribution in [2.75, 3.05) is 24.7 Å². The first kappa shape index (κ1) is 16.9. The number of urea groups is 1. The van der Waals surface area contributed by atoms with E-state index in [0.717, 1.165) is 12.3 Å². The Morgan fingerprint density at radius 1 is 1.29 bits per heavy atom. The maximum atomic E-state index is 13.4. The summed E-state index contributed by atoms with van der Waals surface area (Å²) in [7, 11) is -3.35. The van der Waals surface area contributed by atoms with Crippen LogP contribution >= 0.6 is 0 Å². The number of benzene rings is 1. The van der Waals surface area contributed by atoms with Gasteiger partial charge in [0, 0.05) is 13.1 Å². The molecule has 0 saturated carbocycles. The van der Waals surface area contributed by atoms with Crippen LogP contribution in [0.1, 0.15) is 10.4 Å². The molecule has 0 atom stereocenters. The molecule has 0 aliphatic rings. The van der Waals surface area contributed by atoms with Gasteiger partial charge >= 0.3 is 12.0 Å². The van der Waals surface area contributed by atoms with Gasteiger partial charge in [0.25, 0.3) is 0 Å². The molecule has 0 aliphatic carbocycles. The third-order valence-electron chi connectivity index (χ3n) is 2.25. The Morgan fingerprint density at radius 3 is 2.52 bits per heavy atom. The summed E-state index contributed by atoms with van der Waals surface area (Å²) in [5, 5.41) is 13.4. The predicted molar refractivity (Wildman–Crippen MR) is 73.2 cm³/mol. The first-order valence-electron chi connectivity index (χ1n) is 5.72. The smallest absolute Gasteiger partial charge is 0.340 e. The molecule has 0 radical (unpaired) electrons. The molecule has 8 nitrogen and oxygen atoms in total. The lowest BCUT2D eigenvalue weighted by atomic mass is 10.1. The fourth-order valence-corrected chi connectivity index (χ4v) is 1.90. The van der Waals surface area contributed by atoms with Gasteiger partial charge in [-0.15, -0.1) is 0 Å². The first-order valence-corrected chi connectivity index (χ1v) is 7.61. The average molecular weight is 319 g/mol. The van der Waals surface area contributed by atoms with Crippen LogP contribution in [0.15, 0.2) is 18.2 Å². The van der Waals surface area contributed by atoms with E-state index in [1.165, 1.54) is 12.1 Å². The third kappa shape index (κ3) is 5.75. The molecule has 116 valence electrons. The highest BCUT2D eigenvalue weighted by Crippen LogP contribution is 2.18. The maximum Gasteiger partial charge on any atom is 0.340 e. The second-order valence-electron chi connectivity index (χ2n) is 4.01. The molecule has 0 fully saturated rings. The standard InChI is InChI=1S/C11H14FN3O5S/c1-21(19,20)14-6-5-13-11(18)15-8-4-2-3-7(12)9(8)10(16)17/h2-4,14H,5-6H2,1H3,(H,16,17)(H2,13,15,18). The van der Waals surface area contributed by atoms with Crippen LogP contribution in [0.2, 0.25) is 0 Å². The normalized spacial score (nSPS) is 11.0. The van der Waals surface area contributed by atoms with Crippen molar-refractivity contribution >= 4 is 27.7 Å². The van der Waals surface area contributed by atoms with Crippen LogP contribution in [0, 0.1) is 5.82 Å². The van der Waals surface area contributed by atoms with E-state index in [0.29, 0.717) is 0 Å². The van der Waals surface area contributed by atoms with Crippen LogP contribution < -0.4 is 15.4 Å². The molecule has 1 aromatic rings. The van der Waals surface area contributed by atoms with Crippen molar-refractivity contribution in [2.24, 2.45) is 0 Å². The molecule has 0 aromatic heterocycles. The number of hydrogen-bond donors (Lipinski definition) is 4. The molecule has 0 heterocycles. The predicted octanol–water partition coefficient (Wildman–Crippen LogP) is 0.195. The van der Waals surface area contributed by atoms with Gasteiger partial charge in [-0.2, -0.15) is 0 Å². The van der Waals surface area contributed by atoms with Gasteiger partial charge in [-0.25, -0.2) is 27.1 Å². The van der Waals surface area contributed by atoms with Gasteiger partial charge in [0.05, 0.1) is 11.9 Å².